The lowest BCUT2D eigenvalue weighted by Gasteiger charge is -2.30. The number of aliphatic hydroxyl groups is 1. The highest BCUT2D eigenvalue weighted by molar-refractivity contribution is 5.44. The quantitative estimate of drug-likeness (QED) is 0.779. The molecule has 9 heteroatoms. The Kier molecular flexibility index (Phi) is 5.51. The molecule has 0 radical (unpaired) electrons. The summed E-state index contributed by atoms with van der Waals surface area (Å²) in [5, 5.41) is 10.6. The molecule has 0 unspecified atom stereocenters. The van der Waals surface area contributed by atoms with Gasteiger partial charge in [-0.05, 0) is 23.8 Å². The van der Waals surface area contributed by atoms with Crippen molar-refractivity contribution in [2.24, 2.45) is 0 Å². The number of aliphatic hydroxyl groups excluding tert-OH is 1. The maximum Gasteiger partial charge on any atom is 0.419 e. The van der Waals surface area contributed by atoms with E-state index in [1.165, 1.54) is 11.0 Å². The molecule has 1 aromatic heterocycles. The summed E-state index contributed by atoms with van der Waals surface area (Å²) in [6.45, 7) is 4.56. The number of halogens is 3. The first-order valence-electron chi connectivity index (χ1n) is 9.65. The Bertz CT molecular complexity index is 837. The third-order valence-electron chi connectivity index (χ3n) is 5.37. The standard InChI is InChI=1S/C20H22F3N3O3/c21-20(22,23)15-2-4-19(24-12-15)26-7-5-25(6-8-26)13-16(27)14-1-3-17-18(11-14)29-10-9-28-17/h1-4,11-12,16,27H,5-10,13H2/p+2/t16-/m0/s1. The monoisotopic (exact) mass is 411 g/mol. The Morgan fingerprint density at radius 2 is 1.79 bits per heavy atom. The Labute approximate surface area is 166 Å². The van der Waals surface area contributed by atoms with Crippen molar-refractivity contribution in [1.82, 2.24) is 0 Å². The molecule has 0 spiro atoms. The summed E-state index contributed by atoms with van der Waals surface area (Å²) in [5.41, 5.74) is 0.105. The van der Waals surface area contributed by atoms with Crippen molar-refractivity contribution in [1.29, 1.82) is 0 Å². The van der Waals surface area contributed by atoms with Crippen LogP contribution in [-0.4, -0.2) is 51.0 Å². The summed E-state index contributed by atoms with van der Waals surface area (Å²) >= 11 is 0. The van der Waals surface area contributed by atoms with Gasteiger partial charge in [0.25, 0.3) is 5.82 Å². The number of rotatable bonds is 4. The molecule has 2 aliphatic rings. The smallest absolute Gasteiger partial charge is 0.419 e. The number of nitrogens with zero attached hydrogens (tertiary/aromatic N) is 1. The van der Waals surface area contributed by atoms with Crippen LogP contribution in [0.3, 0.4) is 0 Å². The normalized spacial score (nSPS) is 18.6. The molecule has 2 aliphatic heterocycles. The second-order valence-electron chi connectivity index (χ2n) is 7.32. The average molecular weight is 411 g/mol. The molecular weight excluding hydrogens is 387 g/mol. The molecular formula is C20H24F3N3O3+2. The van der Waals surface area contributed by atoms with E-state index in [0.717, 1.165) is 30.9 Å². The van der Waals surface area contributed by atoms with Gasteiger partial charge in [-0.15, -0.1) is 0 Å². The molecule has 0 aliphatic carbocycles. The van der Waals surface area contributed by atoms with Gasteiger partial charge in [-0.1, -0.05) is 6.07 Å². The first-order valence-corrected chi connectivity index (χ1v) is 9.65. The SMILES string of the molecule is O[C@@H](C[NH+]1CCN(c2ccc(C(F)(F)F)c[nH+]2)CC1)c1ccc2c(c1)OCCO2. The number of H-pyrrole nitrogens is 1. The van der Waals surface area contributed by atoms with Crippen LogP contribution in [0.4, 0.5) is 19.0 Å². The van der Waals surface area contributed by atoms with Crippen molar-refractivity contribution in [3.8, 4) is 11.5 Å². The summed E-state index contributed by atoms with van der Waals surface area (Å²) in [4.78, 5) is 6.02. The van der Waals surface area contributed by atoms with Crippen LogP contribution < -0.4 is 24.3 Å². The van der Waals surface area contributed by atoms with Gasteiger partial charge in [0.05, 0.1) is 5.56 Å². The van der Waals surface area contributed by atoms with E-state index in [9.17, 15) is 18.3 Å². The number of fused-ring (bicyclic) bond motifs is 1. The van der Waals surface area contributed by atoms with Gasteiger partial charge in [0.1, 0.15) is 58.2 Å². The molecule has 0 saturated carbocycles. The molecule has 1 saturated heterocycles. The molecule has 1 fully saturated rings. The highest BCUT2D eigenvalue weighted by Crippen LogP contribution is 2.32. The number of ether oxygens (including phenoxy) is 2. The lowest BCUT2D eigenvalue weighted by atomic mass is 10.1. The fraction of sp³-hybridized carbons (Fsp3) is 0.450. The fourth-order valence-electron chi connectivity index (χ4n) is 3.72. The molecule has 6 nitrogen and oxygen atoms in total. The van der Waals surface area contributed by atoms with Gasteiger partial charge in [-0.2, -0.15) is 13.2 Å². The summed E-state index contributed by atoms with van der Waals surface area (Å²) in [6, 6.07) is 8.06. The maximum absolute atomic E-state index is 12.7. The Morgan fingerprint density at radius 1 is 1.07 bits per heavy atom. The first kappa shape index (κ1) is 19.8. The number of alkyl halides is 3. The largest absolute Gasteiger partial charge is 0.486 e. The number of aromatic amines is 1. The third kappa shape index (κ3) is 4.56. The Balaban J connectivity index is 1.32. The van der Waals surface area contributed by atoms with Crippen LogP contribution in [0.15, 0.2) is 36.5 Å². The van der Waals surface area contributed by atoms with Crippen LogP contribution in [-0.2, 0) is 6.18 Å². The maximum atomic E-state index is 12.7. The molecule has 0 amide bonds. The van der Waals surface area contributed by atoms with Gasteiger partial charge in [-0.3, -0.25) is 4.90 Å². The van der Waals surface area contributed by atoms with E-state index in [1.807, 2.05) is 23.1 Å². The molecule has 2 aromatic rings. The minimum Gasteiger partial charge on any atom is -0.486 e. The van der Waals surface area contributed by atoms with Gasteiger partial charge in [0.2, 0.25) is 0 Å². The number of pyridine rings is 1. The zero-order valence-corrected chi connectivity index (χ0v) is 15.8. The Morgan fingerprint density at radius 3 is 2.45 bits per heavy atom. The van der Waals surface area contributed by atoms with Gasteiger partial charge >= 0.3 is 6.18 Å². The van der Waals surface area contributed by atoms with Crippen LogP contribution in [0, 0.1) is 0 Å². The van der Waals surface area contributed by atoms with Crippen LogP contribution in [0.5, 0.6) is 11.5 Å². The highest BCUT2D eigenvalue weighted by Gasteiger charge is 2.33. The number of piperazine rings is 1. The molecule has 29 heavy (non-hydrogen) atoms. The molecule has 0 bridgehead atoms. The van der Waals surface area contributed by atoms with Gasteiger partial charge in [0.15, 0.2) is 11.5 Å². The Hall–Kier alpha value is -2.52. The zero-order valence-electron chi connectivity index (χ0n) is 15.8. The number of nitrogens with one attached hydrogen (secondary N) is 2. The van der Waals surface area contributed by atoms with Crippen LogP contribution >= 0.6 is 0 Å². The highest BCUT2D eigenvalue weighted by atomic mass is 19.4. The number of quaternary nitrogens is 1. The van der Waals surface area contributed by atoms with Gasteiger partial charge < -0.3 is 19.5 Å². The first-order chi connectivity index (χ1) is 13.9. The van der Waals surface area contributed by atoms with Crippen molar-refractivity contribution in [2.75, 3.05) is 50.8 Å². The van der Waals surface area contributed by atoms with Crippen molar-refractivity contribution in [3.63, 3.8) is 0 Å². The fourth-order valence-corrected chi connectivity index (χ4v) is 3.72. The number of anilines is 1. The van der Waals surface area contributed by atoms with Crippen LogP contribution in [0.1, 0.15) is 17.2 Å². The van der Waals surface area contributed by atoms with E-state index in [0.29, 0.717) is 50.2 Å². The number of hydrogen-bond acceptors (Lipinski definition) is 4. The van der Waals surface area contributed by atoms with E-state index in [4.69, 9.17) is 9.47 Å². The molecule has 4 rings (SSSR count). The summed E-state index contributed by atoms with van der Waals surface area (Å²) in [7, 11) is 0. The van der Waals surface area contributed by atoms with E-state index >= 15 is 0 Å². The third-order valence-corrected chi connectivity index (χ3v) is 5.37. The predicted molar refractivity (Wildman–Crippen MR) is 98.2 cm³/mol. The second kappa shape index (κ2) is 8.08. The minimum atomic E-state index is -4.35. The predicted octanol–water partition coefficient (Wildman–Crippen LogP) is 0.729. The lowest BCUT2D eigenvalue weighted by molar-refractivity contribution is -0.904. The van der Waals surface area contributed by atoms with E-state index in [2.05, 4.69) is 4.98 Å². The number of aromatic nitrogens is 1. The van der Waals surface area contributed by atoms with E-state index in [-0.39, 0.29) is 0 Å². The van der Waals surface area contributed by atoms with Crippen molar-refractivity contribution >= 4 is 5.82 Å². The number of hydrogen-bond donors (Lipinski definition) is 2. The second-order valence-corrected chi connectivity index (χ2v) is 7.32. The number of benzene rings is 1. The summed E-state index contributed by atoms with van der Waals surface area (Å²) in [6.07, 6.45) is -3.97. The van der Waals surface area contributed by atoms with Gasteiger partial charge in [-0.25, -0.2) is 4.98 Å². The lowest BCUT2D eigenvalue weighted by Crippen LogP contribution is -3.15. The molecule has 3 N–H and O–H groups in total. The summed E-state index contributed by atoms with van der Waals surface area (Å²) < 4.78 is 49.2. The van der Waals surface area contributed by atoms with E-state index < -0.39 is 17.8 Å². The molecule has 3 heterocycles. The minimum absolute atomic E-state index is 0.501. The van der Waals surface area contributed by atoms with Gasteiger partial charge in [0, 0.05) is 6.07 Å². The van der Waals surface area contributed by atoms with Crippen LogP contribution in [0.25, 0.3) is 0 Å². The van der Waals surface area contributed by atoms with Crippen molar-refractivity contribution in [2.45, 2.75) is 12.3 Å². The van der Waals surface area contributed by atoms with Crippen molar-refractivity contribution in [3.05, 3.63) is 47.7 Å². The van der Waals surface area contributed by atoms with Crippen molar-refractivity contribution < 1.29 is 37.6 Å². The summed E-state index contributed by atoms with van der Waals surface area (Å²) in [5.74, 6) is 2.02. The topological polar surface area (TPSA) is 60.5 Å². The van der Waals surface area contributed by atoms with E-state index in [1.54, 1.807) is 0 Å². The average Bonchev–Trinajstić information content (AvgIpc) is 2.73. The van der Waals surface area contributed by atoms with Crippen LogP contribution in [0.2, 0.25) is 0 Å². The molecule has 1 aromatic carbocycles. The molecule has 1 atom stereocenters. The zero-order chi connectivity index (χ0) is 20.4. The molecule has 156 valence electrons.